The highest BCUT2D eigenvalue weighted by Gasteiger charge is 2.18. The predicted octanol–water partition coefficient (Wildman–Crippen LogP) is 5.44. The molecule has 0 atom stereocenters. The summed E-state index contributed by atoms with van der Waals surface area (Å²) < 4.78 is 0. The van der Waals surface area contributed by atoms with Gasteiger partial charge in [0.05, 0.1) is 5.60 Å². The molecule has 0 amide bonds. The summed E-state index contributed by atoms with van der Waals surface area (Å²) in [5.74, 6) is 0. The van der Waals surface area contributed by atoms with Crippen molar-refractivity contribution >= 4 is 11.9 Å². The first-order valence-corrected chi connectivity index (χ1v) is 8.57. The third-order valence-corrected chi connectivity index (χ3v) is 4.61. The van der Waals surface area contributed by atoms with Crippen molar-refractivity contribution in [3.63, 3.8) is 0 Å². The number of aldehydes is 1. The molecule has 0 fully saturated rings. The lowest BCUT2D eigenvalue weighted by atomic mass is 9.91. The Hall–Kier alpha value is -2.19. The van der Waals surface area contributed by atoms with Crippen molar-refractivity contribution in [2.24, 2.45) is 0 Å². The van der Waals surface area contributed by atoms with E-state index in [0.29, 0.717) is 0 Å². The molecule has 0 aliphatic carbocycles. The second-order valence-corrected chi connectivity index (χ2v) is 7.04. The third kappa shape index (κ3) is 5.68. The van der Waals surface area contributed by atoms with E-state index in [1.165, 1.54) is 22.3 Å². The van der Waals surface area contributed by atoms with Crippen molar-refractivity contribution < 1.29 is 9.90 Å². The maximum Gasteiger partial charge on any atom is 0.143 e. The van der Waals surface area contributed by atoms with Crippen LogP contribution in [0.5, 0.6) is 0 Å². The van der Waals surface area contributed by atoms with E-state index in [2.05, 4.69) is 32.9 Å². The number of benzene rings is 2. The van der Waals surface area contributed by atoms with Gasteiger partial charge in [0, 0.05) is 0 Å². The maximum atomic E-state index is 10.3. The van der Waals surface area contributed by atoms with Gasteiger partial charge >= 0.3 is 0 Å². The van der Waals surface area contributed by atoms with Crippen LogP contribution < -0.4 is 0 Å². The summed E-state index contributed by atoms with van der Waals surface area (Å²) in [6.07, 6.45) is 2.43. The largest absolute Gasteiger partial charge is 0.386 e. The van der Waals surface area contributed by atoms with Crippen molar-refractivity contribution in [1.29, 1.82) is 0 Å². The van der Waals surface area contributed by atoms with Gasteiger partial charge in [-0.05, 0) is 93.5 Å². The second-order valence-electron chi connectivity index (χ2n) is 7.04. The topological polar surface area (TPSA) is 37.3 Å². The van der Waals surface area contributed by atoms with Crippen molar-refractivity contribution in [2.75, 3.05) is 0 Å². The van der Waals surface area contributed by atoms with Crippen LogP contribution >= 0.6 is 0 Å². The van der Waals surface area contributed by atoms with Gasteiger partial charge in [-0.2, -0.15) is 0 Å². The monoisotopic (exact) mass is 338 g/mol. The van der Waals surface area contributed by atoms with Gasteiger partial charge in [-0.1, -0.05) is 36.4 Å². The molecule has 2 nitrogen and oxygen atoms in total. The Morgan fingerprint density at radius 1 is 0.920 bits per heavy atom. The molecule has 0 heterocycles. The lowest BCUT2D eigenvalue weighted by molar-refractivity contribution is -0.104. The Kier molecular flexibility index (Phi) is 7.32. The first-order chi connectivity index (χ1) is 11.6. The molecule has 0 saturated heterocycles. The molecule has 0 radical (unpaired) electrons. The van der Waals surface area contributed by atoms with Crippen LogP contribution in [0.4, 0.5) is 0 Å². The Labute approximate surface area is 152 Å². The maximum absolute atomic E-state index is 10.3. The normalized spacial score (nSPS) is 11.6. The molecule has 0 unspecified atom stereocenters. The van der Waals surface area contributed by atoms with Crippen LogP contribution in [0.25, 0.3) is 5.57 Å². The van der Waals surface area contributed by atoms with Gasteiger partial charge in [-0.15, -0.1) is 0 Å². The van der Waals surface area contributed by atoms with Crippen LogP contribution in [0.1, 0.15) is 54.2 Å². The molecule has 1 N–H and O–H groups in total. The zero-order chi connectivity index (χ0) is 19.2. The molecule has 2 heteroatoms. The summed E-state index contributed by atoms with van der Waals surface area (Å²) in [6, 6.07) is 12.1. The van der Waals surface area contributed by atoms with E-state index < -0.39 is 5.60 Å². The number of carbonyl (C=O) groups excluding carboxylic acids is 1. The first-order valence-electron chi connectivity index (χ1n) is 8.57. The van der Waals surface area contributed by atoms with Gasteiger partial charge in [0.2, 0.25) is 0 Å². The summed E-state index contributed by atoms with van der Waals surface area (Å²) in [4.78, 5) is 10.3. The number of hydrogen-bond acceptors (Lipinski definition) is 2. The van der Waals surface area contributed by atoms with Gasteiger partial charge in [0.25, 0.3) is 0 Å². The Morgan fingerprint density at radius 3 is 1.92 bits per heavy atom. The van der Waals surface area contributed by atoms with Gasteiger partial charge < -0.3 is 5.11 Å². The standard InChI is InChI=1S/C12H14O.C11H16O/c1-9-5-4-6-12(11(9)3)10(2)7-8-13;1-8-6-5-7-10(9(8)2)11(3,4)12/h4-8H,1-3H3;5-7,12H,1-4H3. The van der Waals surface area contributed by atoms with Crippen molar-refractivity contribution in [1.82, 2.24) is 0 Å². The summed E-state index contributed by atoms with van der Waals surface area (Å²) in [5.41, 5.74) is 7.40. The highest BCUT2D eigenvalue weighted by atomic mass is 16.3. The molecule has 25 heavy (non-hydrogen) atoms. The quantitative estimate of drug-likeness (QED) is 0.598. The minimum Gasteiger partial charge on any atom is -0.386 e. The average molecular weight is 338 g/mol. The Balaban J connectivity index is 0.000000251. The molecule has 0 spiro atoms. The fourth-order valence-electron chi connectivity index (χ4n) is 2.78. The molecule has 2 rings (SSSR count). The average Bonchev–Trinajstić information content (AvgIpc) is 2.52. The van der Waals surface area contributed by atoms with Crippen LogP contribution in [-0.4, -0.2) is 11.4 Å². The fourth-order valence-corrected chi connectivity index (χ4v) is 2.78. The second kappa shape index (κ2) is 8.77. The molecule has 134 valence electrons. The molecular formula is C23H30O2. The summed E-state index contributed by atoms with van der Waals surface area (Å²) in [5, 5.41) is 9.79. The van der Waals surface area contributed by atoms with Gasteiger partial charge in [-0.3, -0.25) is 4.79 Å². The lowest BCUT2D eigenvalue weighted by Gasteiger charge is -2.21. The summed E-state index contributed by atoms with van der Waals surface area (Å²) >= 11 is 0. The van der Waals surface area contributed by atoms with Crippen LogP contribution in [0.2, 0.25) is 0 Å². The highest BCUT2D eigenvalue weighted by Crippen LogP contribution is 2.24. The van der Waals surface area contributed by atoms with Crippen LogP contribution in [0, 0.1) is 27.7 Å². The van der Waals surface area contributed by atoms with Crippen molar-refractivity contribution in [3.05, 3.63) is 75.9 Å². The van der Waals surface area contributed by atoms with Crippen LogP contribution in [0.15, 0.2) is 42.5 Å². The molecular weight excluding hydrogens is 308 g/mol. The SMILES string of the molecule is CC(=CC=O)c1cccc(C)c1C.Cc1cccc(C(C)(C)O)c1C. The molecule has 0 aliphatic heterocycles. The highest BCUT2D eigenvalue weighted by molar-refractivity contribution is 5.81. The van der Waals surface area contributed by atoms with E-state index in [1.54, 1.807) is 6.08 Å². The number of aliphatic hydroxyl groups is 1. The Morgan fingerprint density at radius 2 is 1.44 bits per heavy atom. The summed E-state index contributed by atoms with van der Waals surface area (Å²) in [6.45, 7) is 13.8. The van der Waals surface area contributed by atoms with E-state index >= 15 is 0 Å². The number of allylic oxidation sites excluding steroid dienone is 2. The molecule has 2 aromatic rings. The number of hydrogen-bond donors (Lipinski definition) is 1. The lowest BCUT2D eigenvalue weighted by Crippen LogP contribution is -2.17. The van der Waals surface area contributed by atoms with Gasteiger partial charge in [-0.25, -0.2) is 0 Å². The number of rotatable bonds is 3. The van der Waals surface area contributed by atoms with E-state index in [1.807, 2.05) is 52.0 Å². The van der Waals surface area contributed by atoms with Gasteiger partial charge in [0.15, 0.2) is 0 Å². The Bertz CT molecular complexity index is 762. The third-order valence-electron chi connectivity index (χ3n) is 4.61. The zero-order valence-corrected chi connectivity index (χ0v) is 16.5. The number of carbonyl (C=O) groups is 1. The number of aryl methyl sites for hydroxylation is 2. The molecule has 2 aromatic carbocycles. The molecule has 0 saturated carbocycles. The zero-order valence-electron chi connectivity index (χ0n) is 16.5. The smallest absolute Gasteiger partial charge is 0.143 e. The summed E-state index contributed by atoms with van der Waals surface area (Å²) in [7, 11) is 0. The van der Waals surface area contributed by atoms with E-state index in [9.17, 15) is 9.90 Å². The molecule has 0 aliphatic rings. The van der Waals surface area contributed by atoms with Crippen LogP contribution in [0.3, 0.4) is 0 Å². The van der Waals surface area contributed by atoms with Crippen molar-refractivity contribution in [3.8, 4) is 0 Å². The fraction of sp³-hybridized carbons (Fsp3) is 0.348. The minimum atomic E-state index is -0.726. The van der Waals surface area contributed by atoms with Crippen molar-refractivity contribution in [2.45, 2.75) is 54.1 Å². The predicted molar refractivity (Wildman–Crippen MR) is 107 cm³/mol. The van der Waals surface area contributed by atoms with Gasteiger partial charge in [0.1, 0.15) is 6.29 Å². The first kappa shape index (κ1) is 20.9. The van der Waals surface area contributed by atoms with E-state index in [-0.39, 0.29) is 0 Å². The van der Waals surface area contributed by atoms with E-state index in [4.69, 9.17) is 0 Å². The minimum absolute atomic E-state index is 0.726. The molecule has 0 bridgehead atoms. The molecule has 0 aromatic heterocycles. The van der Waals surface area contributed by atoms with Crippen LogP contribution in [-0.2, 0) is 10.4 Å². The van der Waals surface area contributed by atoms with E-state index in [0.717, 1.165) is 23.0 Å².